The summed E-state index contributed by atoms with van der Waals surface area (Å²) in [4.78, 5) is 10.5. The van der Waals surface area contributed by atoms with Crippen LogP contribution in [0.4, 0.5) is 5.69 Å². The molecule has 2 aromatic rings. The van der Waals surface area contributed by atoms with Crippen molar-refractivity contribution < 1.29 is 4.79 Å². The van der Waals surface area contributed by atoms with Gasteiger partial charge in [-0.05, 0) is 31.0 Å². The van der Waals surface area contributed by atoms with Gasteiger partial charge in [-0.3, -0.25) is 4.79 Å². The van der Waals surface area contributed by atoms with Crippen LogP contribution in [0.3, 0.4) is 0 Å². The average molecular weight is 202 g/mol. The first-order chi connectivity index (χ1) is 7.15. The van der Waals surface area contributed by atoms with Crippen LogP contribution < -0.4 is 5.32 Å². The number of hydrogen-bond donors (Lipinski definition) is 1. The van der Waals surface area contributed by atoms with Crippen molar-refractivity contribution in [2.45, 2.75) is 13.8 Å². The van der Waals surface area contributed by atoms with Crippen LogP contribution in [0.15, 0.2) is 18.3 Å². The van der Waals surface area contributed by atoms with Crippen molar-refractivity contribution in [2.75, 3.05) is 5.32 Å². The molecule has 15 heavy (non-hydrogen) atoms. The Labute approximate surface area is 88.7 Å². The van der Waals surface area contributed by atoms with Crippen LogP contribution in [-0.2, 0) is 11.8 Å². The molecule has 1 N–H and O–H groups in total. The molecule has 1 aromatic carbocycles. The molecule has 0 saturated heterocycles. The van der Waals surface area contributed by atoms with Crippen molar-refractivity contribution in [1.29, 1.82) is 0 Å². The standard InChI is InChI=1S/C12H14N2O/c1-8-4-5-11-12(9(8)2)10(13-7-15)6-14(11)3/h4-7H,1-3H3,(H,13,15). The van der Waals surface area contributed by atoms with E-state index in [9.17, 15) is 4.79 Å². The normalized spacial score (nSPS) is 10.6. The zero-order chi connectivity index (χ0) is 11.0. The van der Waals surface area contributed by atoms with Crippen molar-refractivity contribution in [3.8, 4) is 0 Å². The zero-order valence-electron chi connectivity index (χ0n) is 9.16. The Morgan fingerprint density at radius 2 is 2.07 bits per heavy atom. The minimum atomic E-state index is 0.719. The predicted octanol–water partition coefficient (Wildman–Crippen LogP) is 2.36. The van der Waals surface area contributed by atoms with E-state index in [1.54, 1.807) is 0 Å². The highest BCUT2D eigenvalue weighted by molar-refractivity contribution is 5.99. The molecule has 1 amide bonds. The first-order valence-corrected chi connectivity index (χ1v) is 4.90. The summed E-state index contributed by atoms with van der Waals surface area (Å²) in [6, 6.07) is 4.18. The van der Waals surface area contributed by atoms with Gasteiger partial charge in [-0.2, -0.15) is 0 Å². The maximum atomic E-state index is 10.5. The van der Waals surface area contributed by atoms with Gasteiger partial charge in [0.15, 0.2) is 0 Å². The molecule has 3 nitrogen and oxygen atoms in total. The van der Waals surface area contributed by atoms with Crippen LogP contribution in [0.5, 0.6) is 0 Å². The average Bonchev–Trinajstić information content (AvgIpc) is 2.51. The van der Waals surface area contributed by atoms with Crippen molar-refractivity contribution in [3.63, 3.8) is 0 Å². The van der Waals surface area contributed by atoms with Crippen LogP contribution in [-0.4, -0.2) is 11.0 Å². The predicted molar refractivity (Wildman–Crippen MR) is 62.1 cm³/mol. The molecule has 0 atom stereocenters. The minimum Gasteiger partial charge on any atom is -0.348 e. The lowest BCUT2D eigenvalue weighted by atomic mass is 10.1. The molecule has 0 unspecified atom stereocenters. The number of benzene rings is 1. The number of nitrogens with zero attached hydrogens (tertiary/aromatic N) is 1. The highest BCUT2D eigenvalue weighted by Gasteiger charge is 2.09. The van der Waals surface area contributed by atoms with Gasteiger partial charge in [-0.15, -0.1) is 0 Å². The molecule has 0 fully saturated rings. The number of aromatic nitrogens is 1. The number of carbonyl (C=O) groups excluding carboxylic acids is 1. The highest BCUT2D eigenvalue weighted by Crippen LogP contribution is 2.29. The van der Waals surface area contributed by atoms with E-state index in [0.717, 1.165) is 23.0 Å². The van der Waals surface area contributed by atoms with Crippen molar-refractivity contribution >= 4 is 23.0 Å². The fraction of sp³-hybridized carbons (Fsp3) is 0.250. The van der Waals surface area contributed by atoms with Crippen LogP contribution in [0.2, 0.25) is 0 Å². The van der Waals surface area contributed by atoms with Crippen LogP contribution >= 0.6 is 0 Å². The van der Waals surface area contributed by atoms with Gasteiger partial charge in [0.05, 0.1) is 11.2 Å². The molecule has 0 bridgehead atoms. The molecule has 0 saturated carbocycles. The number of carbonyl (C=O) groups is 1. The Morgan fingerprint density at radius 3 is 2.73 bits per heavy atom. The van der Waals surface area contributed by atoms with Gasteiger partial charge in [-0.25, -0.2) is 0 Å². The highest BCUT2D eigenvalue weighted by atomic mass is 16.1. The smallest absolute Gasteiger partial charge is 0.211 e. The Balaban J connectivity index is 2.82. The molecule has 78 valence electrons. The van der Waals surface area contributed by atoms with Crippen LogP contribution in [0.1, 0.15) is 11.1 Å². The van der Waals surface area contributed by atoms with Gasteiger partial charge >= 0.3 is 0 Å². The lowest BCUT2D eigenvalue weighted by molar-refractivity contribution is -0.105. The van der Waals surface area contributed by atoms with Crippen molar-refractivity contribution in [3.05, 3.63) is 29.5 Å². The van der Waals surface area contributed by atoms with Gasteiger partial charge in [-0.1, -0.05) is 6.07 Å². The quantitative estimate of drug-likeness (QED) is 0.745. The number of aryl methyl sites for hydroxylation is 3. The summed E-state index contributed by atoms with van der Waals surface area (Å²) in [6.07, 6.45) is 2.65. The topological polar surface area (TPSA) is 34.0 Å². The summed E-state index contributed by atoms with van der Waals surface area (Å²) in [5, 5.41) is 3.87. The lowest BCUT2D eigenvalue weighted by Gasteiger charge is -2.04. The molecule has 0 spiro atoms. The van der Waals surface area contributed by atoms with E-state index < -0.39 is 0 Å². The molecule has 2 rings (SSSR count). The van der Waals surface area contributed by atoms with Gasteiger partial charge in [0.25, 0.3) is 0 Å². The fourth-order valence-electron chi connectivity index (χ4n) is 1.94. The van der Waals surface area contributed by atoms with E-state index in [-0.39, 0.29) is 0 Å². The molecule has 0 aliphatic rings. The van der Waals surface area contributed by atoms with Gasteiger partial charge in [0, 0.05) is 18.6 Å². The first-order valence-electron chi connectivity index (χ1n) is 4.90. The summed E-state index contributed by atoms with van der Waals surface area (Å²) in [5.74, 6) is 0. The first kappa shape index (κ1) is 9.77. The summed E-state index contributed by atoms with van der Waals surface area (Å²) in [7, 11) is 1.98. The SMILES string of the molecule is Cc1ccc2c(c(NC=O)cn2C)c1C. The molecule has 0 aliphatic heterocycles. The minimum absolute atomic E-state index is 0.719. The molecule has 0 aliphatic carbocycles. The van der Waals surface area contributed by atoms with E-state index in [1.807, 2.05) is 17.8 Å². The maximum absolute atomic E-state index is 10.5. The Kier molecular flexibility index (Phi) is 2.23. The van der Waals surface area contributed by atoms with Gasteiger partial charge in [0.2, 0.25) is 6.41 Å². The third-order valence-corrected chi connectivity index (χ3v) is 2.90. The third kappa shape index (κ3) is 1.40. The second kappa shape index (κ2) is 3.42. The number of fused-ring (bicyclic) bond motifs is 1. The lowest BCUT2D eigenvalue weighted by Crippen LogP contribution is -1.93. The van der Waals surface area contributed by atoms with E-state index in [2.05, 4.69) is 31.3 Å². The Bertz CT molecular complexity index is 526. The van der Waals surface area contributed by atoms with Crippen molar-refractivity contribution in [1.82, 2.24) is 4.57 Å². The monoisotopic (exact) mass is 202 g/mol. The Hall–Kier alpha value is -1.77. The van der Waals surface area contributed by atoms with E-state index in [4.69, 9.17) is 0 Å². The number of rotatable bonds is 2. The third-order valence-electron chi connectivity index (χ3n) is 2.90. The van der Waals surface area contributed by atoms with E-state index in [0.29, 0.717) is 0 Å². The molecule has 0 radical (unpaired) electrons. The summed E-state index contributed by atoms with van der Waals surface area (Å²) in [6.45, 7) is 4.15. The molecular formula is C12H14N2O. The second-order valence-electron chi connectivity index (χ2n) is 3.82. The molecule has 3 heteroatoms. The molecule has 1 heterocycles. The second-order valence-corrected chi connectivity index (χ2v) is 3.82. The van der Waals surface area contributed by atoms with E-state index >= 15 is 0 Å². The molecule has 1 aromatic heterocycles. The fourth-order valence-corrected chi connectivity index (χ4v) is 1.94. The largest absolute Gasteiger partial charge is 0.348 e. The summed E-state index contributed by atoms with van der Waals surface area (Å²) in [5.41, 5.74) is 4.48. The number of hydrogen-bond acceptors (Lipinski definition) is 1. The Morgan fingerprint density at radius 1 is 1.33 bits per heavy atom. The van der Waals surface area contributed by atoms with Crippen LogP contribution in [0, 0.1) is 13.8 Å². The van der Waals surface area contributed by atoms with E-state index in [1.165, 1.54) is 11.1 Å². The summed E-state index contributed by atoms with van der Waals surface area (Å²) >= 11 is 0. The molecular weight excluding hydrogens is 188 g/mol. The maximum Gasteiger partial charge on any atom is 0.211 e. The van der Waals surface area contributed by atoms with Gasteiger partial charge < -0.3 is 9.88 Å². The van der Waals surface area contributed by atoms with Crippen LogP contribution in [0.25, 0.3) is 10.9 Å². The van der Waals surface area contributed by atoms with Crippen molar-refractivity contribution in [2.24, 2.45) is 7.05 Å². The number of anilines is 1. The number of amides is 1. The van der Waals surface area contributed by atoms with Gasteiger partial charge in [0.1, 0.15) is 0 Å². The summed E-state index contributed by atoms with van der Waals surface area (Å²) < 4.78 is 2.02. The number of nitrogens with one attached hydrogen (secondary N) is 1. The zero-order valence-corrected chi connectivity index (χ0v) is 9.16.